The Morgan fingerprint density at radius 3 is 2.22 bits per heavy atom. The largest absolute Gasteiger partial charge is 0.336 e. The number of carbonyl (C=O) groups is 2. The molecule has 0 radical (unpaired) electrons. The van der Waals surface area contributed by atoms with Crippen LogP contribution in [0, 0.1) is 5.82 Å². The van der Waals surface area contributed by atoms with E-state index in [0.717, 1.165) is 41.9 Å². The predicted octanol–water partition coefficient (Wildman–Crippen LogP) is 2.84. The molecule has 0 aliphatic carbocycles. The number of hydrogen-bond acceptors (Lipinski definition) is 5. The highest BCUT2D eigenvalue weighted by Gasteiger charge is 2.37. The molecular weight excluding hydrogens is 459 g/mol. The van der Waals surface area contributed by atoms with Crippen molar-refractivity contribution in [1.29, 1.82) is 0 Å². The first-order valence-corrected chi connectivity index (χ1v) is 12.0. The SMILES string of the molecule is O=C(c1ccccc1)N1CCN(C2CN(C(=O)c3ccc4c(ccn4-c4ncc(F)cn4)c3)C2)CC1. The van der Waals surface area contributed by atoms with Gasteiger partial charge in [-0.1, -0.05) is 18.2 Å². The number of piperazine rings is 1. The fourth-order valence-corrected chi connectivity index (χ4v) is 4.97. The number of benzene rings is 2. The maximum atomic E-state index is 13.2. The third-order valence-corrected chi connectivity index (χ3v) is 7.05. The molecule has 2 amide bonds. The average molecular weight is 485 g/mol. The first-order valence-electron chi connectivity index (χ1n) is 12.0. The summed E-state index contributed by atoms with van der Waals surface area (Å²) in [7, 11) is 0. The van der Waals surface area contributed by atoms with Crippen LogP contribution in [0.2, 0.25) is 0 Å². The number of carbonyl (C=O) groups excluding carboxylic acids is 2. The summed E-state index contributed by atoms with van der Waals surface area (Å²) < 4.78 is 14.9. The van der Waals surface area contributed by atoms with Crippen LogP contribution in [0.15, 0.2) is 73.2 Å². The molecule has 0 spiro atoms. The minimum absolute atomic E-state index is 0.0109. The average Bonchev–Trinajstić information content (AvgIpc) is 3.32. The van der Waals surface area contributed by atoms with Gasteiger partial charge in [0.1, 0.15) is 0 Å². The summed E-state index contributed by atoms with van der Waals surface area (Å²) in [6.45, 7) is 4.40. The Kier molecular flexibility index (Phi) is 5.69. The Morgan fingerprint density at radius 1 is 0.806 bits per heavy atom. The lowest BCUT2D eigenvalue weighted by Gasteiger charge is -2.48. The van der Waals surface area contributed by atoms with Crippen molar-refractivity contribution in [2.45, 2.75) is 6.04 Å². The van der Waals surface area contributed by atoms with Crippen LogP contribution in [0.25, 0.3) is 16.9 Å². The molecule has 182 valence electrons. The highest BCUT2D eigenvalue weighted by molar-refractivity contribution is 5.99. The van der Waals surface area contributed by atoms with Gasteiger partial charge in [0.2, 0.25) is 5.95 Å². The van der Waals surface area contributed by atoms with Crippen molar-refractivity contribution in [3.8, 4) is 5.95 Å². The monoisotopic (exact) mass is 484 g/mol. The molecule has 2 saturated heterocycles. The van der Waals surface area contributed by atoms with E-state index in [1.807, 2.05) is 70.6 Å². The summed E-state index contributed by atoms with van der Waals surface area (Å²) >= 11 is 0. The number of nitrogens with zero attached hydrogens (tertiary/aromatic N) is 6. The second kappa shape index (κ2) is 9.16. The molecule has 4 heterocycles. The molecule has 2 aliphatic rings. The minimum Gasteiger partial charge on any atom is -0.336 e. The van der Waals surface area contributed by atoms with E-state index in [1.165, 1.54) is 0 Å². The molecule has 0 saturated carbocycles. The maximum absolute atomic E-state index is 13.2. The number of amides is 2. The third kappa shape index (κ3) is 4.11. The normalized spacial score (nSPS) is 16.8. The summed E-state index contributed by atoms with van der Waals surface area (Å²) in [5.41, 5.74) is 2.21. The Labute approximate surface area is 207 Å². The summed E-state index contributed by atoms with van der Waals surface area (Å²) in [4.78, 5) is 40.0. The fourth-order valence-electron chi connectivity index (χ4n) is 4.97. The topological polar surface area (TPSA) is 74.6 Å². The van der Waals surface area contributed by atoms with Gasteiger partial charge >= 0.3 is 0 Å². The lowest BCUT2D eigenvalue weighted by Crippen LogP contribution is -2.64. The van der Waals surface area contributed by atoms with Crippen LogP contribution >= 0.6 is 0 Å². The van der Waals surface area contributed by atoms with Gasteiger partial charge in [0, 0.05) is 68.0 Å². The zero-order valence-electron chi connectivity index (χ0n) is 19.6. The predicted molar refractivity (Wildman–Crippen MR) is 132 cm³/mol. The van der Waals surface area contributed by atoms with E-state index in [4.69, 9.17) is 0 Å². The molecule has 8 nitrogen and oxygen atoms in total. The van der Waals surface area contributed by atoms with E-state index in [9.17, 15) is 14.0 Å². The molecule has 0 bridgehead atoms. The molecule has 2 fully saturated rings. The van der Waals surface area contributed by atoms with E-state index in [-0.39, 0.29) is 11.8 Å². The van der Waals surface area contributed by atoms with E-state index in [0.29, 0.717) is 43.7 Å². The Hall–Kier alpha value is -4.11. The van der Waals surface area contributed by atoms with E-state index in [2.05, 4.69) is 14.9 Å². The molecule has 2 aromatic carbocycles. The number of rotatable bonds is 4. The smallest absolute Gasteiger partial charge is 0.253 e. The second-order valence-corrected chi connectivity index (χ2v) is 9.22. The molecule has 4 aromatic rings. The van der Waals surface area contributed by atoms with Gasteiger partial charge in [-0.15, -0.1) is 0 Å². The molecule has 0 N–H and O–H groups in total. The lowest BCUT2D eigenvalue weighted by molar-refractivity contribution is 0.00854. The van der Waals surface area contributed by atoms with E-state index < -0.39 is 5.82 Å². The zero-order chi connectivity index (χ0) is 24.6. The zero-order valence-corrected chi connectivity index (χ0v) is 19.6. The first-order chi connectivity index (χ1) is 17.6. The Balaban J connectivity index is 1.05. The van der Waals surface area contributed by atoms with Gasteiger partial charge in [-0.25, -0.2) is 14.4 Å². The van der Waals surface area contributed by atoms with Crippen LogP contribution in [-0.2, 0) is 0 Å². The van der Waals surface area contributed by atoms with Crippen LogP contribution in [0.1, 0.15) is 20.7 Å². The molecule has 36 heavy (non-hydrogen) atoms. The van der Waals surface area contributed by atoms with Gasteiger partial charge in [0.25, 0.3) is 11.8 Å². The molecule has 9 heteroatoms. The second-order valence-electron chi connectivity index (χ2n) is 9.22. The van der Waals surface area contributed by atoms with Crippen molar-refractivity contribution in [2.75, 3.05) is 39.3 Å². The van der Waals surface area contributed by atoms with Gasteiger partial charge in [0.05, 0.1) is 17.9 Å². The van der Waals surface area contributed by atoms with Crippen LogP contribution in [0.5, 0.6) is 0 Å². The number of likely N-dealkylation sites (tertiary alicyclic amines) is 1. The molecule has 0 atom stereocenters. The van der Waals surface area contributed by atoms with Crippen molar-refractivity contribution in [2.24, 2.45) is 0 Å². The molecule has 2 aliphatic heterocycles. The Bertz CT molecular complexity index is 1410. The molecule has 6 rings (SSSR count). The lowest BCUT2D eigenvalue weighted by atomic mass is 10.0. The van der Waals surface area contributed by atoms with Crippen LogP contribution in [-0.4, -0.2) is 86.4 Å². The van der Waals surface area contributed by atoms with Crippen molar-refractivity contribution < 1.29 is 14.0 Å². The van der Waals surface area contributed by atoms with Crippen molar-refractivity contribution >= 4 is 22.7 Å². The third-order valence-electron chi connectivity index (χ3n) is 7.05. The van der Waals surface area contributed by atoms with Crippen molar-refractivity contribution in [1.82, 2.24) is 29.2 Å². The fraction of sp³-hybridized carbons (Fsp3) is 0.259. The maximum Gasteiger partial charge on any atom is 0.253 e. The van der Waals surface area contributed by atoms with Gasteiger partial charge in [0.15, 0.2) is 5.82 Å². The number of aromatic nitrogens is 3. The van der Waals surface area contributed by atoms with Gasteiger partial charge in [-0.05, 0) is 36.4 Å². The summed E-state index contributed by atoms with van der Waals surface area (Å²) in [6, 6.07) is 17.2. The van der Waals surface area contributed by atoms with E-state index in [1.54, 1.807) is 4.57 Å². The number of fused-ring (bicyclic) bond motifs is 1. The number of hydrogen-bond donors (Lipinski definition) is 0. The van der Waals surface area contributed by atoms with Crippen molar-refractivity contribution in [3.63, 3.8) is 0 Å². The van der Waals surface area contributed by atoms with Crippen LogP contribution in [0.3, 0.4) is 0 Å². The van der Waals surface area contributed by atoms with Gasteiger partial charge in [-0.3, -0.25) is 19.1 Å². The standard InChI is InChI=1S/C27H25FN6O2/c28-22-15-29-27(30-16-22)34-9-8-20-14-21(6-7-24(20)34)26(36)33-17-23(18-33)31-10-12-32(13-11-31)25(35)19-4-2-1-3-5-19/h1-9,14-16,23H,10-13,17-18H2. The molecular formula is C27H25FN6O2. The van der Waals surface area contributed by atoms with Crippen LogP contribution in [0.4, 0.5) is 4.39 Å². The van der Waals surface area contributed by atoms with Gasteiger partial charge in [-0.2, -0.15) is 0 Å². The first kappa shape index (κ1) is 22.4. The quantitative estimate of drug-likeness (QED) is 0.445. The molecule has 2 aromatic heterocycles. The summed E-state index contributed by atoms with van der Waals surface area (Å²) in [5.74, 6) is -0.0205. The van der Waals surface area contributed by atoms with Crippen LogP contribution < -0.4 is 0 Å². The van der Waals surface area contributed by atoms with Crippen molar-refractivity contribution in [3.05, 3.63) is 90.1 Å². The Morgan fingerprint density at radius 2 is 1.50 bits per heavy atom. The van der Waals surface area contributed by atoms with E-state index >= 15 is 0 Å². The summed E-state index contributed by atoms with van der Waals surface area (Å²) in [5, 5.41) is 0.894. The number of halogens is 1. The highest BCUT2D eigenvalue weighted by Crippen LogP contribution is 2.24. The molecule has 0 unspecified atom stereocenters. The van der Waals surface area contributed by atoms with Gasteiger partial charge < -0.3 is 9.80 Å². The highest BCUT2D eigenvalue weighted by atomic mass is 19.1. The summed E-state index contributed by atoms with van der Waals surface area (Å²) in [6.07, 6.45) is 4.08. The minimum atomic E-state index is -0.488.